The third kappa shape index (κ3) is 3.16. The van der Waals surface area contributed by atoms with Gasteiger partial charge in [0.25, 0.3) is 5.91 Å². The topological polar surface area (TPSA) is 64.4 Å². The number of hydrogen-bond donors (Lipinski definition) is 1. The van der Waals surface area contributed by atoms with Crippen molar-refractivity contribution in [3.63, 3.8) is 0 Å². The highest BCUT2D eigenvalue weighted by atomic mass is 32.1. The average Bonchev–Trinajstić information content (AvgIpc) is 3.21. The zero-order valence-electron chi connectivity index (χ0n) is 13.1. The van der Waals surface area contributed by atoms with E-state index < -0.39 is 5.82 Å². The number of aromatic nitrogens is 1. The van der Waals surface area contributed by atoms with Gasteiger partial charge in [-0.25, -0.2) is 9.37 Å². The molecule has 1 N–H and O–H groups in total. The normalized spacial score (nSPS) is 10.6. The van der Waals surface area contributed by atoms with E-state index in [0.29, 0.717) is 27.1 Å². The van der Waals surface area contributed by atoms with Gasteiger partial charge in [-0.05, 0) is 31.2 Å². The van der Waals surface area contributed by atoms with Gasteiger partial charge in [-0.3, -0.25) is 4.79 Å². The third-order valence-electron chi connectivity index (χ3n) is 3.42. The minimum Gasteiger partial charge on any atom is -0.496 e. The maximum Gasteiger partial charge on any atom is 0.263 e. The fourth-order valence-electron chi connectivity index (χ4n) is 2.26. The van der Waals surface area contributed by atoms with Gasteiger partial charge in [0, 0.05) is 0 Å². The highest BCUT2D eigenvalue weighted by Crippen LogP contribution is 2.36. The molecule has 1 amide bonds. The molecule has 0 unspecified atom stereocenters. The van der Waals surface area contributed by atoms with Gasteiger partial charge >= 0.3 is 0 Å². The number of nitrogens with zero attached hydrogens (tertiary/aromatic N) is 1. The Morgan fingerprint density at radius 3 is 2.92 bits per heavy atom. The summed E-state index contributed by atoms with van der Waals surface area (Å²) in [5, 5.41) is 3.17. The van der Waals surface area contributed by atoms with Gasteiger partial charge in [0.15, 0.2) is 0 Å². The number of thiazole rings is 1. The van der Waals surface area contributed by atoms with Crippen LogP contribution in [0.3, 0.4) is 0 Å². The van der Waals surface area contributed by atoms with E-state index in [-0.39, 0.29) is 18.0 Å². The molecule has 0 saturated carbocycles. The molecule has 3 rings (SSSR count). The van der Waals surface area contributed by atoms with Crippen molar-refractivity contribution >= 4 is 17.2 Å². The Balaban J connectivity index is 1.86. The Hall–Kier alpha value is -2.67. The fourth-order valence-corrected chi connectivity index (χ4v) is 3.29. The van der Waals surface area contributed by atoms with Gasteiger partial charge in [-0.15, -0.1) is 11.3 Å². The minimum atomic E-state index is -0.439. The molecule has 0 radical (unpaired) electrons. The first kappa shape index (κ1) is 16.2. The average molecular weight is 346 g/mol. The van der Waals surface area contributed by atoms with E-state index in [9.17, 15) is 9.18 Å². The van der Waals surface area contributed by atoms with Crippen LogP contribution in [0, 0.1) is 12.7 Å². The van der Waals surface area contributed by atoms with Crippen LogP contribution >= 0.6 is 11.3 Å². The molecule has 24 heavy (non-hydrogen) atoms. The first-order chi connectivity index (χ1) is 11.6. The number of methoxy groups -OCH3 is 1. The third-order valence-corrected chi connectivity index (χ3v) is 4.59. The van der Waals surface area contributed by atoms with Crippen molar-refractivity contribution in [3.05, 3.63) is 58.7 Å². The maximum atomic E-state index is 14.2. The molecule has 0 fully saturated rings. The molecule has 0 aliphatic carbocycles. The molecule has 0 atom stereocenters. The molecule has 1 aromatic carbocycles. The molecule has 2 aromatic heterocycles. The van der Waals surface area contributed by atoms with Gasteiger partial charge in [-0.1, -0.05) is 6.07 Å². The van der Waals surface area contributed by atoms with E-state index in [4.69, 9.17) is 9.15 Å². The standard InChI is InChI=1S/C17H15FN2O3S/c1-10-15(16(21)19-9-11-5-4-8-23-11)24-17(20-10)14-12(18)6-3-7-13(14)22-2/h3-8H,9H2,1-2H3,(H,19,21). The van der Waals surface area contributed by atoms with E-state index >= 15 is 0 Å². The Kier molecular flexibility index (Phi) is 4.61. The number of furan rings is 1. The predicted molar refractivity (Wildman–Crippen MR) is 88.7 cm³/mol. The number of rotatable bonds is 5. The number of benzene rings is 1. The summed E-state index contributed by atoms with van der Waals surface area (Å²) in [5.74, 6) is 0.321. The van der Waals surface area contributed by atoms with Gasteiger partial charge < -0.3 is 14.5 Å². The molecule has 124 valence electrons. The van der Waals surface area contributed by atoms with Crippen molar-refractivity contribution < 1.29 is 18.3 Å². The predicted octanol–water partition coefficient (Wildman–Crippen LogP) is 3.79. The second-order valence-electron chi connectivity index (χ2n) is 5.01. The van der Waals surface area contributed by atoms with E-state index in [1.54, 1.807) is 37.5 Å². The van der Waals surface area contributed by atoms with Crippen molar-refractivity contribution in [2.75, 3.05) is 7.11 Å². The zero-order valence-corrected chi connectivity index (χ0v) is 13.9. The van der Waals surface area contributed by atoms with Crippen LogP contribution in [0.1, 0.15) is 21.1 Å². The lowest BCUT2D eigenvalue weighted by Crippen LogP contribution is -2.22. The van der Waals surface area contributed by atoms with Gasteiger partial charge in [-0.2, -0.15) is 0 Å². The lowest BCUT2D eigenvalue weighted by molar-refractivity contribution is 0.0951. The van der Waals surface area contributed by atoms with Crippen LogP contribution in [0.2, 0.25) is 0 Å². The lowest BCUT2D eigenvalue weighted by atomic mass is 10.2. The van der Waals surface area contributed by atoms with Crippen LogP contribution in [-0.4, -0.2) is 18.0 Å². The highest BCUT2D eigenvalue weighted by Gasteiger charge is 2.20. The summed E-state index contributed by atoms with van der Waals surface area (Å²) in [6.45, 7) is 2.00. The van der Waals surface area contributed by atoms with Crippen molar-refractivity contribution in [1.29, 1.82) is 0 Å². The molecular weight excluding hydrogens is 331 g/mol. The number of ether oxygens (including phenoxy) is 1. The number of halogens is 1. The van der Waals surface area contributed by atoms with E-state index in [1.165, 1.54) is 13.2 Å². The SMILES string of the molecule is COc1cccc(F)c1-c1nc(C)c(C(=O)NCc2ccco2)s1. The summed E-state index contributed by atoms with van der Waals surface area (Å²) in [4.78, 5) is 17.1. The van der Waals surface area contributed by atoms with Gasteiger partial charge in [0.1, 0.15) is 27.2 Å². The first-order valence-electron chi connectivity index (χ1n) is 7.21. The second kappa shape index (κ2) is 6.84. The van der Waals surface area contributed by atoms with E-state index in [2.05, 4.69) is 10.3 Å². The summed E-state index contributed by atoms with van der Waals surface area (Å²) in [6.07, 6.45) is 1.54. The number of carbonyl (C=O) groups is 1. The van der Waals surface area contributed by atoms with Crippen LogP contribution in [0.4, 0.5) is 4.39 Å². The Morgan fingerprint density at radius 1 is 1.38 bits per heavy atom. The number of nitrogens with one attached hydrogen (secondary N) is 1. The molecule has 5 nitrogen and oxygen atoms in total. The largest absolute Gasteiger partial charge is 0.496 e. The smallest absolute Gasteiger partial charge is 0.263 e. The number of amides is 1. The quantitative estimate of drug-likeness (QED) is 0.763. The molecule has 0 spiro atoms. The summed E-state index contributed by atoms with van der Waals surface area (Å²) in [6, 6.07) is 8.09. The van der Waals surface area contributed by atoms with Crippen LogP contribution in [0.15, 0.2) is 41.0 Å². The monoisotopic (exact) mass is 346 g/mol. The molecule has 2 heterocycles. The summed E-state index contributed by atoms with van der Waals surface area (Å²) in [5.41, 5.74) is 0.801. The Morgan fingerprint density at radius 2 is 2.21 bits per heavy atom. The summed E-state index contributed by atoms with van der Waals surface area (Å²) in [7, 11) is 1.47. The number of hydrogen-bond acceptors (Lipinski definition) is 5. The van der Waals surface area contributed by atoms with Gasteiger partial charge in [0.05, 0.1) is 31.2 Å². The number of carbonyl (C=O) groups excluding carboxylic acids is 1. The summed E-state index contributed by atoms with van der Waals surface area (Å²) >= 11 is 1.13. The van der Waals surface area contributed by atoms with E-state index in [0.717, 1.165) is 11.3 Å². The molecule has 7 heteroatoms. The molecule has 0 saturated heterocycles. The maximum absolute atomic E-state index is 14.2. The number of aryl methyl sites for hydroxylation is 1. The lowest BCUT2D eigenvalue weighted by Gasteiger charge is -2.06. The molecule has 0 aliphatic heterocycles. The minimum absolute atomic E-state index is 0.262. The van der Waals surface area contributed by atoms with Crippen molar-refractivity contribution in [1.82, 2.24) is 10.3 Å². The molecular formula is C17H15FN2O3S. The Labute approximate surface area is 142 Å². The van der Waals surface area contributed by atoms with Crippen LogP contribution in [0.5, 0.6) is 5.75 Å². The van der Waals surface area contributed by atoms with Crippen LogP contribution in [0.25, 0.3) is 10.6 Å². The van der Waals surface area contributed by atoms with Crippen molar-refractivity contribution in [2.45, 2.75) is 13.5 Å². The Bertz CT molecular complexity index is 859. The van der Waals surface area contributed by atoms with Crippen molar-refractivity contribution in [2.24, 2.45) is 0 Å². The first-order valence-corrected chi connectivity index (χ1v) is 8.02. The van der Waals surface area contributed by atoms with Crippen molar-refractivity contribution in [3.8, 4) is 16.3 Å². The fraction of sp³-hybridized carbons (Fsp3) is 0.176. The highest BCUT2D eigenvalue weighted by molar-refractivity contribution is 7.17. The van der Waals surface area contributed by atoms with E-state index in [1.807, 2.05) is 0 Å². The van der Waals surface area contributed by atoms with Gasteiger partial charge in [0.2, 0.25) is 0 Å². The van der Waals surface area contributed by atoms with Crippen LogP contribution < -0.4 is 10.1 Å². The second-order valence-corrected chi connectivity index (χ2v) is 6.01. The molecule has 3 aromatic rings. The molecule has 0 bridgehead atoms. The van der Waals surface area contributed by atoms with Crippen LogP contribution in [-0.2, 0) is 6.54 Å². The molecule has 0 aliphatic rings. The summed E-state index contributed by atoms with van der Waals surface area (Å²) < 4.78 is 24.6. The zero-order chi connectivity index (χ0) is 17.1.